The summed E-state index contributed by atoms with van der Waals surface area (Å²) in [6, 6.07) is 0. The molecule has 6 heteroatoms. The third-order valence-corrected chi connectivity index (χ3v) is 13.2. The minimum Gasteiger partial charge on any atom is -0.462 e. The summed E-state index contributed by atoms with van der Waals surface area (Å²) in [5.74, 6) is -1.06. The number of carbonyl (C=O) groups is 3. The summed E-state index contributed by atoms with van der Waals surface area (Å²) < 4.78 is 16.8. The van der Waals surface area contributed by atoms with Gasteiger partial charge < -0.3 is 14.2 Å². The van der Waals surface area contributed by atoms with Crippen LogP contribution < -0.4 is 0 Å². The molecule has 0 saturated heterocycles. The van der Waals surface area contributed by atoms with E-state index in [9.17, 15) is 14.4 Å². The summed E-state index contributed by atoms with van der Waals surface area (Å²) in [6.07, 6.45) is 85.6. The average Bonchev–Trinajstić information content (AvgIpc) is 3.41. The van der Waals surface area contributed by atoms with Crippen LogP contribution in [0.2, 0.25) is 0 Å². The number of hydrogen-bond acceptors (Lipinski definition) is 6. The summed E-state index contributed by atoms with van der Waals surface area (Å²) in [5, 5.41) is 0. The van der Waals surface area contributed by atoms with Gasteiger partial charge in [-0.3, -0.25) is 14.4 Å². The molecular formula is C69H116O6. The topological polar surface area (TPSA) is 78.9 Å². The van der Waals surface area contributed by atoms with Crippen molar-refractivity contribution in [1.29, 1.82) is 0 Å². The van der Waals surface area contributed by atoms with Crippen molar-refractivity contribution in [3.63, 3.8) is 0 Å². The van der Waals surface area contributed by atoms with E-state index in [4.69, 9.17) is 14.2 Å². The highest BCUT2D eigenvalue weighted by Gasteiger charge is 2.19. The van der Waals surface area contributed by atoms with E-state index in [1.54, 1.807) is 6.08 Å². The molecule has 0 aliphatic carbocycles. The SMILES string of the molecule is CC/C=C\C/C=C\C/C=C\C/C=C\C/C=C\CC(=O)OC(COC(=O)CCCCCCC/C=C\C/C=C\CCC)COC(=O)CCCCCCCCCCCCCCCCCCC/C=C\C/C=C\CCCCCCC. The molecule has 0 aromatic rings. The Morgan fingerprint density at radius 3 is 0.933 bits per heavy atom. The molecule has 0 rings (SSSR count). The second-order valence-electron chi connectivity index (χ2n) is 20.6. The number of unbranched alkanes of at least 4 members (excludes halogenated alkanes) is 28. The Bertz CT molecular complexity index is 1520. The largest absolute Gasteiger partial charge is 0.462 e. The first-order valence-corrected chi connectivity index (χ1v) is 31.4. The molecule has 0 spiro atoms. The first kappa shape index (κ1) is 71.1. The van der Waals surface area contributed by atoms with Gasteiger partial charge in [-0.2, -0.15) is 0 Å². The number of carbonyl (C=O) groups excluding carboxylic acids is 3. The summed E-state index contributed by atoms with van der Waals surface area (Å²) in [7, 11) is 0. The molecule has 1 atom stereocenters. The van der Waals surface area contributed by atoms with Crippen molar-refractivity contribution in [1.82, 2.24) is 0 Å². The molecule has 0 saturated carbocycles. The lowest BCUT2D eigenvalue weighted by Gasteiger charge is -2.18. The van der Waals surface area contributed by atoms with E-state index in [1.807, 2.05) is 6.08 Å². The lowest BCUT2D eigenvalue weighted by atomic mass is 10.0. The van der Waals surface area contributed by atoms with Crippen LogP contribution in [0, 0.1) is 0 Å². The van der Waals surface area contributed by atoms with E-state index in [-0.39, 0.29) is 31.6 Å². The summed E-state index contributed by atoms with van der Waals surface area (Å²) in [4.78, 5) is 38.1. The monoisotopic (exact) mass is 1040 g/mol. The smallest absolute Gasteiger partial charge is 0.310 e. The van der Waals surface area contributed by atoms with Crippen molar-refractivity contribution < 1.29 is 28.6 Å². The van der Waals surface area contributed by atoms with E-state index in [0.29, 0.717) is 12.8 Å². The van der Waals surface area contributed by atoms with Gasteiger partial charge in [0, 0.05) is 12.8 Å². The van der Waals surface area contributed by atoms with E-state index in [1.165, 1.54) is 141 Å². The van der Waals surface area contributed by atoms with Gasteiger partial charge in [0.1, 0.15) is 13.2 Å². The molecule has 0 aliphatic heterocycles. The molecule has 0 heterocycles. The lowest BCUT2D eigenvalue weighted by molar-refractivity contribution is -0.166. The Kier molecular flexibility index (Phi) is 59.3. The van der Waals surface area contributed by atoms with E-state index >= 15 is 0 Å². The molecule has 0 bridgehead atoms. The maximum Gasteiger partial charge on any atom is 0.310 e. The standard InChI is InChI=1S/C69H116O6/c1-4-7-10-13-16-19-22-25-27-28-29-30-31-32-33-34-35-36-37-38-39-40-42-44-47-50-53-56-59-62-68(71)74-65-66(64-73-67(70)61-58-55-52-49-46-43-24-21-18-15-12-9-6-3)75-69(72)63-60-57-54-51-48-45-41-26-23-20-17-14-11-8-5-2/h8,11-12,15,17,20-22,24-26,28-29,41,48,51,57,60,66H,4-7,9-10,13-14,16,18-19,23,27,30-40,42-47,49-50,52-56,58-59,61-65H2,1-3H3/b11-8-,15-12-,20-17-,24-21-,25-22-,29-28-,41-26-,51-48-,60-57-. The Morgan fingerprint density at radius 2 is 0.587 bits per heavy atom. The fourth-order valence-electron chi connectivity index (χ4n) is 8.59. The molecule has 0 fully saturated rings. The van der Waals surface area contributed by atoms with Crippen LogP contribution in [0.15, 0.2) is 109 Å². The van der Waals surface area contributed by atoms with Crippen LogP contribution in [0.25, 0.3) is 0 Å². The highest BCUT2D eigenvalue weighted by Crippen LogP contribution is 2.16. The number of ether oxygens (including phenoxy) is 3. The van der Waals surface area contributed by atoms with Gasteiger partial charge in [-0.15, -0.1) is 0 Å². The van der Waals surface area contributed by atoms with Crippen molar-refractivity contribution in [3.05, 3.63) is 109 Å². The number of hydrogen-bond donors (Lipinski definition) is 0. The molecule has 0 N–H and O–H groups in total. The lowest BCUT2D eigenvalue weighted by Crippen LogP contribution is -2.30. The normalized spacial score (nSPS) is 12.8. The molecule has 0 radical (unpaired) electrons. The minimum absolute atomic E-state index is 0.0922. The highest BCUT2D eigenvalue weighted by molar-refractivity contribution is 5.72. The zero-order valence-electron chi connectivity index (χ0n) is 49.0. The molecule has 75 heavy (non-hydrogen) atoms. The Labute approximate surface area is 463 Å². The predicted molar refractivity (Wildman–Crippen MR) is 325 cm³/mol. The number of allylic oxidation sites excluding steroid dienone is 17. The fraction of sp³-hybridized carbons (Fsp3) is 0.696. The third kappa shape index (κ3) is 60.8. The number of rotatable bonds is 56. The summed E-state index contributed by atoms with van der Waals surface area (Å²) in [5.41, 5.74) is 0. The van der Waals surface area contributed by atoms with Crippen molar-refractivity contribution in [2.45, 2.75) is 297 Å². The second kappa shape index (κ2) is 62.6. The van der Waals surface area contributed by atoms with Crippen LogP contribution in [0.1, 0.15) is 290 Å². The Hall–Kier alpha value is -3.93. The summed E-state index contributed by atoms with van der Waals surface area (Å²) >= 11 is 0. The molecule has 0 aromatic carbocycles. The number of esters is 3. The molecule has 1 unspecified atom stereocenters. The van der Waals surface area contributed by atoms with Gasteiger partial charge in [0.2, 0.25) is 0 Å². The van der Waals surface area contributed by atoms with Crippen LogP contribution in [0.3, 0.4) is 0 Å². The van der Waals surface area contributed by atoms with Crippen molar-refractivity contribution in [2.24, 2.45) is 0 Å². The van der Waals surface area contributed by atoms with Crippen LogP contribution in [-0.4, -0.2) is 37.2 Å². The molecule has 0 amide bonds. The first-order chi connectivity index (χ1) is 37.0. The van der Waals surface area contributed by atoms with Crippen LogP contribution in [0.5, 0.6) is 0 Å². The Balaban J connectivity index is 4.28. The molecule has 6 nitrogen and oxygen atoms in total. The van der Waals surface area contributed by atoms with Gasteiger partial charge in [0.25, 0.3) is 0 Å². The summed E-state index contributed by atoms with van der Waals surface area (Å²) in [6.45, 7) is 6.37. The fourth-order valence-corrected chi connectivity index (χ4v) is 8.59. The zero-order chi connectivity index (χ0) is 54.3. The van der Waals surface area contributed by atoms with E-state index in [2.05, 4.69) is 118 Å². The molecule has 0 aliphatic rings. The van der Waals surface area contributed by atoms with Gasteiger partial charge in [0.05, 0.1) is 6.42 Å². The molecular weight excluding hydrogens is 925 g/mol. The van der Waals surface area contributed by atoms with E-state index < -0.39 is 12.1 Å². The van der Waals surface area contributed by atoms with Crippen molar-refractivity contribution in [3.8, 4) is 0 Å². The average molecular weight is 1040 g/mol. The van der Waals surface area contributed by atoms with Crippen LogP contribution in [0.4, 0.5) is 0 Å². The molecule has 428 valence electrons. The zero-order valence-corrected chi connectivity index (χ0v) is 49.0. The van der Waals surface area contributed by atoms with Gasteiger partial charge in [0.15, 0.2) is 6.10 Å². The van der Waals surface area contributed by atoms with Gasteiger partial charge in [-0.05, 0) is 103 Å². The minimum atomic E-state index is -0.839. The van der Waals surface area contributed by atoms with Crippen molar-refractivity contribution in [2.75, 3.05) is 13.2 Å². The maximum atomic E-state index is 12.8. The third-order valence-electron chi connectivity index (χ3n) is 13.2. The van der Waals surface area contributed by atoms with Crippen molar-refractivity contribution >= 4 is 17.9 Å². The quantitative estimate of drug-likeness (QED) is 0.0261. The predicted octanol–water partition coefficient (Wildman–Crippen LogP) is 21.4. The van der Waals surface area contributed by atoms with Crippen LogP contribution in [-0.2, 0) is 28.6 Å². The first-order valence-electron chi connectivity index (χ1n) is 31.4. The maximum absolute atomic E-state index is 12.8. The van der Waals surface area contributed by atoms with Gasteiger partial charge in [-0.25, -0.2) is 0 Å². The molecule has 0 aromatic heterocycles. The second-order valence-corrected chi connectivity index (χ2v) is 20.6. The van der Waals surface area contributed by atoms with Gasteiger partial charge >= 0.3 is 17.9 Å². The Morgan fingerprint density at radius 1 is 0.293 bits per heavy atom. The van der Waals surface area contributed by atoms with E-state index in [0.717, 1.165) is 109 Å². The van der Waals surface area contributed by atoms with Gasteiger partial charge in [-0.1, -0.05) is 278 Å². The highest BCUT2D eigenvalue weighted by atomic mass is 16.6. The van der Waals surface area contributed by atoms with Crippen LogP contribution >= 0.6 is 0 Å².